The Morgan fingerprint density at radius 1 is 1.17 bits per heavy atom. The lowest BCUT2D eigenvalue weighted by atomic mass is 10.3. The molecule has 0 aliphatic heterocycles. The largest absolute Gasteiger partial charge is 0.493 e. The molecule has 0 aliphatic carbocycles. The third-order valence-electron chi connectivity index (χ3n) is 2.13. The van der Waals surface area contributed by atoms with Gasteiger partial charge in [-0.05, 0) is 24.3 Å². The topological polar surface area (TPSA) is 107 Å². The van der Waals surface area contributed by atoms with E-state index in [9.17, 15) is 9.59 Å². The molecule has 0 heterocycles. The molecule has 0 saturated heterocycles. The number of hydrogen-bond acceptors (Lipinski definition) is 4. The van der Waals surface area contributed by atoms with E-state index in [2.05, 4.69) is 5.32 Å². The van der Waals surface area contributed by atoms with Gasteiger partial charge >= 0.3 is 0 Å². The fourth-order valence-corrected chi connectivity index (χ4v) is 1.26. The van der Waals surface area contributed by atoms with Crippen LogP contribution in [0.15, 0.2) is 24.3 Å². The average Bonchev–Trinajstić information content (AvgIpc) is 2.31. The van der Waals surface area contributed by atoms with Crippen molar-refractivity contribution in [2.24, 2.45) is 11.5 Å². The van der Waals surface area contributed by atoms with Gasteiger partial charge in [-0.1, -0.05) is 0 Å². The Hall–Kier alpha value is -2.08. The first-order chi connectivity index (χ1) is 8.61. The molecule has 0 aliphatic rings. The second kappa shape index (κ2) is 7.29. The zero-order chi connectivity index (χ0) is 13.4. The first kappa shape index (κ1) is 14.0. The van der Waals surface area contributed by atoms with Crippen LogP contribution < -0.4 is 21.5 Å². The summed E-state index contributed by atoms with van der Waals surface area (Å²) in [6.07, 6.45) is 0.464. The van der Waals surface area contributed by atoms with Gasteiger partial charge in [-0.15, -0.1) is 0 Å². The van der Waals surface area contributed by atoms with Gasteiger partial charge < -0.3 is 21.5 Å². The second-order valence-corrected chi connectivity index (χ2v) is 3.68. The fourth-order valence-electron chi connectivity index (χ4n) is 1.26. The van der Waals surface area contributed by atoms with Crippen LogP contribution in [0.5, 0.6) is 5.75 Å². The molecular formula is C12H17N3O3. The molecule has 1 aromatic carbocycles. The minimum atomic E-state index is -0.402. The first-order valence-electron chi connectivity index (χ1n) is 5.63. The number of carbonyl (C=O) groups is 2. The van der Waals surface area contributed by atoms with E-state index in [1.807, 2.05) is 0 Å². The normalized spacial score (nSPS) is 9.83. The van der Waals surface area contributed by atoms with E-state index in [1.54, 1.807) is 24.3 Å². The number of rotatable bonds is 7. The van der Waals surface area contributed by atoms with Crippen molar-refractivity contribution in [3.63, 3.8) is 0 Å². The summed E-state index contributed by atoms with van der Waals surface area (Å²) in [7, 11) is 0. The van der Waals surface area contributed by atoms with Gasteiger partial charge in [0, 0.05) is 18.7 Å². The molecule has 1 aromatic rings. The highest BCUT2D eigenvalue weighted by atomic mass is 16.5. The number of ether oxygens (including phenoxy) is 1. The molecule has 0 saturated carbocycles. The Morgan fingerprint density at radius 3 is 2.39 bits per heavy atom. The molecule has 18 heavy (non-hydrogen) atoms. The molecule has 0 bridgehead atoms. The Bertz CT molecular complexity index is 404. The van der Waals surface area contributed by atoms with Crippen molar-refractivity contribution in [1.29, 1.82) is 0 Å². The van der Waals surface area contributed by atoms with Crippen molar-refractivity contribution in [2.75, 3.05) is 18.5 Å². The number of hydrogen-bond donors (Lipinski definition) is 3. The van der Waals surface area contributed by atoms with Gasteiger partial charge in [0.1, 0.15) is 5.75 Å². The molecule has 0 spiro atoms. The van der Waals surface area contributed by atoms with Crippen LogP contribution in [-0.2, 0) is 9.59 Å². The zero-order valence-corrected chi connectivity index (χ0v) is 10.0. The van der Waals surface area contributed by atoms with E-state index in [0.717, 1.165) is 0 Å². The summed E-state index contributed by atoms with van der Waals surface area (Å²) in [5.74, 6) is 0.0913. The lowest BCUT2D eigenvalue weighted by Gasteiger charge is -2.07. The molecule has 6 heteroatoms. The maximum atomic E-state index is 11.3. The van der Waals surface area contributed by atoms with Crippen LogP contribution >= 0.6 is 0 Å². The highest BCUT2D eigenvalue weighted by molar-refractivity contribution is 5.90. The summed E-state index contributed by atoms with van der Waals surface area (Å²) >= 11 is 0. The lowest BCUT2D eigenvalue weighted by Crippen LogP contribution is -2.16. The summed E-state index contributed by atoms with van der Waals surface area (Å²) in [5, 5.41) is 2.70. The van der Waals surface area contributed by atoms with Crippen LogP contribution in [0, 0.1) is 0 Å². The highest BCUT2D eigenvalue weighted by Crippen LogP contribution is 2.15. The van der Waals surface area contributed by atoms with Crippen LogP contribution in [0.3, 0.4) is 0 Å². The van der Waals surface area contributed by atoms with Gasteiger partial charge in [0.2, 0.25) is 11.8 Å². The van der Waals surface area contributed by atoms with E-state index in [-0.39, 0.29) is 25.4 Å². The molecule has 6 nitrogen and oxygen atoms in total. The molecule has 0 fully saturated rings. The number of benzene rings is 1. The SMILES string of the molecule is NCCC(=O)Nc1ccc(OCCC(N)=O)cc1. The number of amides is 2. The van der Waals surface area contributed by atoms with E-state index >= 15 is 0 Å². The molecule has 98 valence electrons. The second-order valence-electron chi connectivity index (χ2n) is 3.68. The van der Waals surface area contributed by atoms with E-state index in [0.29, 0.717) is 18.0 Å². The monoisotopic (exact) mass is 251 g/mol. The number of nitrogens with one attached hydrogen (secondary N) is 1. The summed E-state index contributed by atoms with van der Waals surface area (Å²) in [4.78, 5) is 21.8. The van der Waals surface area contributed by atoms with Crippen LogP contribution in [-0.4, -0.2) is 25.0 Å². The van der Waals surface area contributed by atoms with Crippen molar-refractivity contribution in [3.05, 3.63) is 24.3 Å². The lowest BCUT2D eigenvalue weighted by molar-refractivity contribution is -0.118. The number of nitrogens with two attached hydrogens (primary N) is 2. The molecule has 0 unspecified atom stereocenters. The third-order valence-corrected chi connectivity index (χ3v) is 2.13. The number of carbonyl (C=O) groups excluding carboxylic acids is 2. The van der Waals surface area contributed by atoms with Gasteiger partial charge in [0.15, 0.2) is 0 Å². The van der Waals surface area contributed by atoms with Crippen molar-refractivity contribution >= 4 is 17.5 Å². The third kappa shape index (κ3) is 5.31. The van der Waals surface area contributed by atoms with Crippen molar-refractivity contribution in [2.45, 2.75) is 12.8 Å². The molecule has 0 radical (unpaired) electrons. The van der Waals surface area contributed by atoms with Crippen LogP contribution in [0.2, 0.25) is 0 Å². The Morgan fingerprint density at radius 2 is 1.83 bits per heavy atom. The van der Waals surface area contributed by atoms with Crippen LogP contribution in [0.4, 0.5) is 5.69 Å². The van der Waals surface area contributed by atoms with Gasteiger partial charge in [-0.2, -0.15) is 0 Å². The van der Waals surface area contributed by atoms with Gasteiger partial charge in [-0.3, -0.25) is 9.59 Å². The smallest absolute Gasteiger partial charge is 0.225 e. The minimum Gasteiger partial charge on any atom is -0.493 e. The quantitative estimate of drug-likeness (QED) is 0.644. The minimum absolute atomic E-state index is 0.125. The maximum absolute atomic E-state index is 11.3. The van der Waals surface area contributed by atoms with Gasteiger partial charge in [0.05, 0.1) is 13.0 Å². The predicted octanol–water partition coefficient (Wildman–Crippen LogP) is 0.228. The zero-order valence-electron chi connectivity index (χ0n) is 10.0. The van der Waals surface area contributed by atoms with Crippen LogP contribution in [0.1, 0.15) is 12.8 Å². The number of primary amides is 1. The summed E-state index contributed by atoms with van der Waals surface area (Å²) in [6, 6.07) is 6.85. The maximum Gasteiger partial charge on any atom is 0.225 e. The Balaban J connectivity index is 2.42. The molecule has 2 amide bonds. The van der Waals surface area contributed by atoms with Crippen molar-refractivity contribution < 1.29 is 14.3 Å². The van der Waals surface area contributed by atoms with E-state index < -0.39 is 5.91 Å². The first-order valence-corrected chi connectivity index (χ1v) is 5.63. The van der Waals surface area contributed by atoms with Gasteiger partial charge in [0.25, 0.3) is 0 Å². The standard InChI is InChI=1S/C12H17N3O3/c13-7-5-12(17)15-9-1-3-10(4-2-9)18-8-6-11(14)16/h1-4H,5-8,13H2,(H2,14,16)(H,15,17). The van der Waals surface area contributed by atoms with Crippen LogP contribution in [0.25, 0.3) is 0 Å². The molecular weight excluding hydrogens is 234 g/mol. The molecule has 1 rings (SSSR count). The Labute approximate surface area is 105 Å². The summed E-state index contributed by atoms with van der Waals surface area (Å²) in [6.45, 7) is 0.564. The van der Waals surface area contributed by atoms with E-state index in [4.69, 9.17) is 16.2 Å². The molecule has 0 atom stereocenters. The van der Waals surface area contributed by atoms with Crippen molar-refractivity contribution in [1.82, 2.24) is 0 Å². The number of anilines is 1. The summed E-state index contributed by atoms with van der Waals surface area (Å²) < 4.78 is 5.29. The predicted molar refractivity (Wildman–Crippen MR) is 68.0 cm³/mol. The Kier molecular flexibility index (Phi) is 5.66. The average molecular weight is 251 g/mol. The summed E-state index contributed by atoms with van der Waals surface area (Å²) in [5.41, 5.74) is 10.9. The molecule has 0 aromatic heterocycles. The molecule has 5 N–H and O–H groups in total. The van der Waals surface area contributed by atoms with Crippen molar-refractivity contribution in [3.8, 4) is 5.75 Å². The van der Waals surface area contributed by atoms with E-state index in [1.165, 1.54) is 0 Å². The van der Waals surface area contributed by atoms with Gasteiger partial charge in [-0.25, -0.2) is 0 Å². The fraction of sp³-hybridized carbons (Fsp3) is 0.333. The highest BCUT2D eigenvalue weighted by Gasteiger charge is 2.01.